The van der Waals surface area contributed by atoms with Crippen LogP contribution in [-0.2, 0) is 4.79 Å². The fourth-order valence-corrected chi connectivity index (χ4v) is 2.02. The van der Waals surface area contributed by atoms with Gasteiger partial charge in [0.05, 0.1) is 0 Å². The number of hydrogen-bond acceptors (Lipinski definition) is 3. The highest BCUT2D eigenvalue weighted by Gasteiger charge is 2.28. The first kappa shape index (κ1) is 12.5. The zero-order valence-corrected chi connectivity index (χ0v) is 9.83. The Bertz CT molecular complexity index is 208. The summed E-state index contributed by atoms with van der Waals surface area (Å²) in [6.45, 7) is 7.48. The van der Waals surface area contributed by atoms with E-state index in [1.165, 1.54) is 0 Å². The van der Waals surface area contributed by atoms with Crippen molar-refractivity contribution in [3.05, 3.63) is 0 Å². The van der Waals surface area contributed by atoms with E-state index in [1.54, 1.807) is 0 Å². The van der Waals surface area contributed by atoms with E-state index in [0.717, 1.165) is 32.5 Å². The average molecular weight is 213 g/mol. The van der Waals surface area contributed by atoms with Crippen LogP contribution < -0.4 is 11.1 Å². The van der Waals surface area contributed by atoms with Crippen LogP contribution >= 0.6 is 0 Å². The molecule has 0 spiro atoms. The van der Waals surface area contributed by atoms with E-state index in [-0.39, 0.29) is 11.9 Å². The van der Waals surface area contributed by atoms with E-state index in [4.69, 9.17) is 5.73 Å². The third-order valence-corrected chi connectivity index (χ3v) is 2.94. The summed E-state index contributed by atoms with van der Waals surface area (Å²) in [4.78, 5) is 14.0. The smallest absolute Gasteiger partial charge is 0.238 e. The van der Waals surface area contributed by atoms with Crippen LogP contribution in [0.4, 0.5) is 0 Å². The van der Waals surface area contributed by atoms with E-state index in [1.807, 2.05) is 0 Å². The largest absolute Gasteiger partial charge is 0.354 e. The van der Waals surface area contributed by atoms with Crippen LogP contribution in [-0.4, -0.2) is 43.0 Å². The standard InChI is InChI=1S/C11H23N3O/c1-3-4-5-14-8-9(2)7-13-11(15)10(14)6-12/h9-10H,3-8,12H2,1-2H3,(H,13,15). The Morgan fingerprint density at radius 1 is 1.60 bits per heavy atom. The summed E-state index contributed by atoms with van der Waals surface area (Å²) < 4.78 is 0. The average Bonchev–Trinajstić information content (AvgIpc) is 2.35. The second kappa shape index (κ2) is 6.08. The lowest BCUT2D eigenvalue weighted by atomic mass is 10.1. The maximum atomic E-state index is 11.7. The van der Waals surface area contributed by atoms with E-state index >= 15 is 0 Å². The number of amides is 1. The van der Waals surface area contributed by atoms with Gasteiger partial charge in [0.25, 0.3) is 0 Å². The summed E-state index contributed by atoms with van der Waals surface area (Å²) in [6.07, 6.45) is 2.29. The molecule has 88 valence electrons. The Balaban J connectivity index is 2.62. The zero-order valence-electron chi connectivity index (χ0n) is 9.83. The fourth-order valence-electron chi connectivity index (χ4n) is 2.02. The predicted octanol–water partition coefficient (Wildman–Crippen LogP) is 0.182. The van der Waals surface area contributed by atoms with Crippen molar-refractivity contribution < 1.29 is 4.79 Å². The minimum Gasteiger partial charge on any atom is -0.354 e. The van der Waals surface area contributed by atoms with Crippen LogP contribution in [0.2, 0.25) is 0 Å². The number of carbonyl (C=O) groups is 1. The predicted molar refractivity (Wildman–Crippen MR) is 61.5 cm³/mol. The quantitative estimate of drug-likeness (QED) is 0.700. The van der Waals surface area contributed by atoms with E-state index in [2.05, 4.69) is 24.1 Å². The maximum absolute atomic E-state index is 11.7. The van der Waals surface area contributed by atoms with E-state index < -0.39 is 0 Å². The highest BCUT2D eigenvalue weighted by Crippen LogP contribution is 2.10. The molecule has 1 fully saturated rings. The van der Waals surface area contributed by atoms with Crippen molar-refractivity contribution in [2.24, 2.45) is 11.7 Å². The van der Waals surface area contributed by atoms with Crippen molar-refractivity contribution in [3.8, 4) is 0 Å². The first-order chi connectivity index (χ1) is 7.19. The van der Waals surface area contributed by atoms with Crippen LogP contribution in [0.15, 0.2) is 0 Å². The second-order valence-corrected chi connectivity index (χ2v) is 4.45. The molecule has 4 nitrogen and oxygen atoms in total. The lowest BCUT2D eigenvalue weighted by Crippen LogP contribution is -2.49. The molecule has 2 unspecified atom stereocenters. The molecule has 1 aliphatic rings. The Morgan fingerprint density at radius 2 is 2.33 bits per heavy atom. The molecular weight excluding hydrogens is 190 g/mol. The van der Waals surface area contributed by atoms with Gasteiger partial charge in [-0.2, -0.15) is 0 Å². The van der Waals surface area contributed by atoms with Crippen molar-refractivity contribution in [1.82, 2.24) is 10.2 Å². The van der Waals surface area contributed by atoms with Crippen LogP contribution in [0.1, 0.15) is 26.7 Å². The molecule has 0 aromatic carbocycles. The molecule has 0 aromatic rings. The SMILES string of the molecule is CCCCN1CC(C)CNC(=O)C1CN. The topological polar surface area (TPSA) is 58.4 Å². The molecule has 0 aromatic heterocycles. The minimum absolute atomic E-state index is 0.0953. The normalized spacial score (nSPS) is 28.6. The van der Waals surface area contributed by atoms with Gasteiger partial charge in [-0.05, 0) is 18.9 Å². The molecule has 4 heteroatoms. The summed E-state index contributed by atoms with van der Waals surface area (Å²) in [5.41, 5.74) is 5.67. The zero-order chi connectivity index (χ0) is 11.3. The third-order valence-electron chi connectivity index (χ3n) is 2.94. The Hall–Kier alpha value is -0.610. The third kappa shape index (κ3) is 3.47. The van der Waals surface area contributed by atoms with Crippen molar-refractivity contribution in [2.75, 3.05) is 26.2 Å². The van der Waals surface area contributed by atoms with Crippen LogP contribution in [0.5, 0.6) is 0 Å². The van der Waals surface area contributed by atoms with Gasteiger partial charge in [0.1, 0.15) is 6.04 Å². The van der Waals surface area contributed by atoms with Crippen molar-refractivity contribution in [3.63, 3.8) is 0 Å². The molecular formula is C11H23N3O. The summed E-state index contributed by atoms with van der Waals surface area (Å²) in [7, 11) is 0. The van der Waals surface area contributed by atoms with Crippen molar-refractivity contribution >= 4 is 5.91 Å². The number of nitrogens with two attached hydrogens (primary N) is 1. The van der Waals surface area contributed by atoms with Gasteiger partial charge in [-0.3, -0.25) is 9.69 Å². The molecule has 1 amide bonds. The molecule has 1 saturated heterocycles. The first-order valence-electron chi connectivity index (χ1n) is 5.90. The minimum atomic E-state index is -0.124. The Labute approximate surface area is 92.2 Å². The van der Waals surface area contributed by atoms with E-state index in [0.29, 0.717) is 12.5 Å². The second-order valence-electron chi connectivity index (χ2n) is 4.45. The number of nitrogens with one attached hydrogen (secondary N) is 1. The monoisotopic (exact) mass is 213 g/mol. The molecule has 0 bridgehead atoms. The van der Waals surface area contributed by atoms with Gasteiger partial charge >= 0.3 is 0 Å². The molecule has 1 rings (SSSR count). The van der Waals surface area contributed by atoms with Crippen LogP contribution in [0.25, 0.3) is 0 Å². The van der Waals surface area contributed by atoms with Crippen LogP contribution in [0, 0.1) is 5.92 Å². The lowest BCUT2D eigenvalue weighted by molar-refractivity contribution is -0.125. The molecule has 15 heavy (non-hydrogen) atoms. The molecule has 2 atom stereocenters. The summed E-state index contributed by atoms with van der Waals surface area (Å²) in [5, 5.41) is 2.94. The highest BCUT2D eigenvalue weighted by molar-refractivity contribution is 5.82. The number of unbranched alkanes of at least 4 members (excludes halogenated alkanes) is 1. The van der Waals surface area contributed by atoms with Gasteiger partial charge in [-0.15, -0.1) is 0 Å². The molecule has 1 heterocycles. The first-order valence-corrected chi connectivity index (χ1v) is 5.90. The van der Waals surface area contributed by atoms with Gasteiger partial charge in [0.2, 0.25) is 5.91 Å². The molecule has 1 aliphatic heterocycles. The summed E-state index contributed by atoms with van der Waals surface area (Å²) in [6, 6.07) is -0.124. The van der Waals surface area contributed by atoms with Crippen molar-refractivity contribution in [2.45, 2.75) is 32.7 Å². The van der Waals surface area contributed by atoms with Gasteiger partial charge < -0.3 is 11.1 Å². The number of rotatable bonds is 4. The molecule has 0 saturated carbocycles. The highest BCUT2D eigenvalue weighted by atomic mass is 16.2. The van der Waals surface area contributed by atoms with Crippen LogP contribution in [0.3, 0.4) is 0 Å². The Kier molecular flexibility index (Phi) is 5.05. The fraction of sp³-hybridized carbons (Fsp3) is 0.909. The number of hydrogen-bond donors (Lipinski definition) is 2. The number of nitrogens with zero attached hydrogens (tertiary/aromatic N) is 1. The lowest BCUT2D eigenvalue weighted by Gasteiger charge is -2.28. The Morgan fingerprint density at radius 3 is 2.93 bits per heavy atom. The van der Waals surface area contributed by atoms with Gasteiger partial charge in [0.15, 0.2) is 0 Å². The van der Waals surface area contributed by atoms with Gasteiger partial charge in [-0.25, -0.2) is 0 Å². The van der Waals surface area contributed by atoms with Gasteiger partial charge in [0, 0.05) is 19.6 Å². The molecule has 3 N–H and O–H groups in total. The van der Waals surface area contributed by atoms with Gasteiger partial charge in [-0.1, -0.05) is 20.3 Å². The summed E-state index contributed by atoms with van der Waals surface area (Å²) in [5.74, 6) is 0.611. The number of carbonyl (C=O) groups excluding carboxylic acids is 1. The molecule has 0 aliphatic carbocycles. The summed E-state index contributed by atoms with van der Waals surface area (Å²) >= 11 is 0. The maximum Gasteiger partial charge on any atom is 0.238 e. The van der Waals surface area contributed by atoms with E-state index in [9.17, 15) is 4.79 Å². The van der Waals surface area contributed by atoms with Crippen molar-refractivity contribution in [1.29, 1.82) is 0 Å². The molecule has 0 radical (unpaired) electrons.